The molecule has 2 aromatic carbocycles. The highest BCUT2D eigenvalue weighted by Gasteiger charge is 2.10. The van der Waals surface area contributed by atoms with E-state index in [1.807, 2.05) is 6.92 Å². The van der Waals surface area contributed by atoms with E-state index in [9.17, 15) is 13.2 Å². The molecule has 0 aromatic heterocycles. The average molecular weight is 295 g/mol. The third-order valence-electron chi connectivity index (χ3n) is 2.87. The van der Waals surface area contributed by atoms with Gasteiger partial charge in [-0.25, -0.2) is 13.2 Å². The molecule has 0 saturated heterocycles. The summed E-state index contributed by atoms with van der Waals surface area (Å²) in [6.07, 6.45) is 0.989. The van der Waals surface area contributed by atoms with Gasteiger partial charge in [0.2, 0.25) is 0 Å². The molecule has 0 heterocycles. The van der Waals surface area contributed by atoms with Crippen molar-refractivity contribution in [2.45, 2.75) is 19.9 Å². The van der Waals surface area contributed by atoms with Gasteiger partial charge in [-0.3, -0.25) is 0 Å². The summed E-state index contributed by atoms with van der Waals surface area (Å²) in [5.41, 5.74) is 0.757. The second kappa shape index (κ2) is 7.13. The summed E-state index contributed by atoms with van der Waals surface area (Å²) >= 11 is 0. The zero-order chi connectivity index (χ0) is 15.2. The van der Waals surface area contributed by atoms with Crippen molar-refractivity contribution >= 4 is 0 Å². The smallest absolute Gasteiger partial charge is 0.166 e. The Hall–Kier alpha value is -2.01. The molecule has 0 unspecified atom stereocenters. The van der Waals surface area contributed by atoms with Gasteiger partial charge in [0.1, 0.15) is 5.82 Å². The van der Waals surface area contributed by atoms with Crippen LogP contribution in [0.4, 0.5) is 13.2 Å². The van der Waals surface area contributed by atoms with Gasteiger partial charge in [0, 0.05) is 12.6 Å². The zero-order valence-electron chi connectivity index (χ0n) is 11.6. The van der Waals surface area contributed by atoms with E-state index >= 15 is 0 Å². The molecular formula is C16H16F3NO. The van der Waals surface area contributed by atoms with Crippen LogP contribution in [0.3, 0.4) is 0 Å². The van der Waals surface area contributed by atoms with Gasteiger partial charge in [-0.2, -0.15) is 0 Å². The van der Waals surface area contributed by atoms with Crippen molar-refractivity contribution < 1.29 is 17.9 Å². The van der Waals surface area contributed by atoms with Crippen LogP contribution < -0.4 is 10.1 Å². The van der Waals surface area contributed by atoms with Gasteiger partial charge in [-0.15, -0.1) is 0 Å². The van der Waals surface area contributed by atoms with Crippen LogP contribution in [0, 0.1) is 17.5 Å². The normalized spacial score (nSPS) is 10.7. The van der Waals surface area contributed by atoms with Gasteiger partial charge >= 0.3 is 0 Å². The van der Waals surface area contributed by atoms with Crippen LogP contribution in [-0.2, 0) is 6.54 Å². The van der Waals surface area contributed by atoms with E-state index in [0.717, 1.165) is 36.7 Å². The molecular weight excluding hydrogens is 279 g/mol. The standard InChI is InChI=1S/C16H16F3NO/c1-2-7-20-10-11-3-6-15(14(19)8-11)21-16-9-12(17)4-5-13(16)18/h3-6,8-9,20H,2,7,10H2,1H3. The Kier molecular flexibility index (Phi) is 5.22. The average Bonchev–Trinajstić information content (AvgIpc) is 2.46. The second-order valence-corrected chi connectivity index (χ2v) is 4.62. The minimum atomic E-state index is -0.746. The van der Waals surface area contributed by atoms with Gasteiger partial charge in [-0.1, -0.05) is 13.0 Å². The first-order chi connectivity index (χ1) is 10.1. The molecule has 1 N–H and O–H groups in total. The predicted octanol–water partition coefficient (Wildman–Crippen LogP) is 4.40. The Balaban J connectivity index is 2.12. The predicted molar refractivity (Wildman–Crippen MR) is 74.8 cm³/mol. The number of hydrogen-bond donors (Lipinski definition) is 1. The molecule has 112 valence electrons. The molecule has 5 heteroatoms. The van der Waals surface area contributed by atoms with E-state index in [1.54, 1.807) is 6.07 Å². The van der Waals surface area contributed by atoms with Gasteiger partial charge < -0.3 is 10.1 Å². The first-order valence-corrected chi connectivity index (χ1v) is 6.72. The summed E-state index contributed by atoms with van der Waals surface area (Å²) in [5, 5.41) is 3.15. The van der Waals surface area contributed by atoms with Crippen molar-refractivity contribution in [3.05, 3.63) is 59.4 Å². The van der Waals surface area contributed by atoms with Crippen LogP contribution in [0.2, 0.25) is 0 Å². The molecule has 21 heavy (non-hydrogen) atoms. The summed E-state index contributed by atoms with van der Waals surface area (Å²) in [4.78, 5) is 0. The fourth-order valence-electron chi connectivity index (χ4n) is 1.82. The molecule has 2 nitrogen and oxygen atoms in total. The van der Waals surface area contributed by atoms with Crippen LogP contribution in [0.25, 0.3) is 0 Å². The van der Waals surface area contributed by atoms with Crippen molar-refractivity contribution in [2.24, 2.45) is 0 Å². The fourth-order valence-corrected chi connectivity index (χ4v) is 1.82. The lowest BCUT2D eigenvalue weighted by atomic mass is 10.2. The maximum Gasteiger partial charge on any atom is 0.166 e. The largest absolute Gasteiger partial charge is 0.451 e. The molecule has 0 spiro atoms. The molecule has 0 bridgehead atoms. The summed E-state index contributed by atoms with van der Waals surface area (Å²) < 4.78 is 45.5. The molecule has 2 rings (SSSR count). The Morgan fingerprint density at radius 2 is 1.76 bits per heavy atom. The number of nitrogens with one attached hydrogen (secondary N) is 1. The highest BCUT2D eigenvalue weighted by Crippen LogP contribution is 2.27. The lowest BCUT2D eigenvalue weighted by Gasteiger charge is -2.09. The van der Waals surface area contributed by atoms with Crippen molar-refractivity contribution in [3.63, 3.8) is 0 Å². The molecule has 0 saturated carbocycles. The number of halogens is 3. The monoisotopic (exact) mass is 295 g/mol. The SMILES string of the molecule is CCCNCc1ccc(Oc2cc(F)ccc2F)c(F)c1. The van der Waals surface area contributed by atoms with E-state index < -0.39 is 17.5 Å². The second-order valence-electron chi connectivity index (χ2n) is 4.62. The Morgan fingerprint density at radius 1 is 0.952 bits per heavy atom. The van der Waals surface area contributed by atoms with Crippen LogP contribution in [0.5, 0.6) is 11.5 Å². The molecule has 0 aliphatic heterocycles. The van der Waals surface area contributed by atoms with Crippen LogP contribution >= 0.6 is 0 Å². The maximum atomic E-state index is 13.9. The summed E-state index contributed by atoms with van der Waals surface area (Å²) in [6, 6.07) is 7.19. The third-order valence-corrected chi connectivity index (χ3v) is 2.87. The van der Waals surface area contributed by atoms with Gasteiger partial charge in [0.25, 0.3) is 0 Å². The van der Waals surface area contributed by atoms with Gasteiger partial charge in [0.15, 0.2) is 23.1 Å². The lowest BCUT2D eigenvalue weighted by Crippen LogP contribution is -2.13. The van der Waals surface area contributed by atoms with Crippen molar-refractivity contribution in [1.82, 2.24) is 5.32 Å². The molecule has 0 amide bonds. The minimum Gasteiger partial charge on any atom is -0.451 e. The van der Waals surface area contributed by atoms with Crippen LogP contribution in [0.15, 0.2) is 36.4 Å². The summed E-state index contributed by atoms with van der Waals surface area (Å²) in [7, 11) is 0. The Morgan fingerprint density at radius 3 is 2.48 bits per heavy atom. The van der Waals surface area contributed by atoms with E-state index in [-0.39, 0.29) is 11.5 Å². The minimum absolute atomic E-state index is 0.140. The fraction of sp³-hybridized carbons (Fsp3) is 0.250. The van der Waals surface area contributed by atoms with Crippen molar-refractivity contribution in [2.75, 3.05) is 6.54 Å². The van der Waals surface area contributed by atoms with Crippen LogP contribution in [-0.4, -0.2) is 6.54 Å². The lowest BCUT2D eigenvalue weighted by molar-refractivity contribution is 0.410. The Labute approximate surface area is 121 Å². The van der Waals surface area contributed by atoms with Gasteiger partial charge in [0.05, 0.1) is 0 Å². The van der Waals surface area contributed by atoms with Crippen molar-refractivity contribution in [1.29, 1.82) is 0 Å². The first-order valence-electron chi connectivity index (χ1n) is 6.72. The van der Waals surface area contributed by atoms with Gasteiger partial charge in [-0.05, 0) is 42.8 Å². The highest BCUT2D eigenvalue weighted by molar-refractivity contribution is 5.35. The van der Waals surface area contributed by atoms with E-state index in [1.165, 1.54) is 12.1 Å². The molecule has 0 aliphatic rings. The quantitative estimate of drug-likeness (QED) is 0.798. The number of rotatable bonds is 6. The third kappa shape index (κ3) is 4.23. The summed E-state index contributed by atoms with van der Waals surface area (Å²) in [5.74, 6) is -2.49. The maximum absolute atomic E-state index is 13.9. The zero-order valence-corrected chi connectivity index (χ0v) is 11.6. The molecule has 0 atom stereocenters. The molecule has 2 aromatic rings. The number of benzene rings is 2. The summed E-state index contributed by atoms with van der Waals surface area (Å²) in [6.45, 7) is 3.42. The first kappa shape index (κ1) is 15.4. The van der Waals surface area contributed by atoms with Crippen molar-refractivity contribution in [3.8, 4) is 11.5 Å². The number of ether oxygens (including phenoxy) is 1. The Bertz CT molecular complexity index is 616. The highest BCUT2D eigenvalue weighted by atomic mass is 19.1. The molecule has 0 aliphatic carbocycles. The topological polar surface area (TPSA) is 21.3 Å². The molecule has 0 radical (unpaired) electrons. The van der Waals surface area contributed by atoms with Crippen LogP contribution in [0.1, 0.15) is 18.9 Å². The van der Waals surface area contributed by atoms with E-state index in [0.29, 0.717) is 6.54 Å². The molecule has 0 fully saturated rings. The van der Waals surface area contributed by atoms with E-state index in [4.69, 9.17) is 4.74 Å². The number of hydrogen-bond acceptors (Lipinski definition) is 2. The van der Waals surface area contributed by atoms with E-state index in [2.05, 4.69) is 5.32 Å².